The Bertz CT molecular complexity index is 1490. The van der Waals surface area contributed by atoms with Gasteiger partial charge >= 0.3 is 5.97 Å². The number of hydrogen-bond donors (Lipinski definition) is 0. The number of benzene rings is 2. The smallest absolute Gasteiger partial charge is 0.316 e. The van der Waals surface area contributed by atoms with Crippen LogP contribution in [-0.4, -0.2) is 55.5 Å². The van der Waals surface area contributed by atoms with E-state index in [1.54, 1.807) is 12.1 Å². The van der Waals surface area contributed by atoms with Crippen LogP contribution >= 0.6 is 0 Å². The van der Waals surface area contributed by atoms with Crippen LogP contribution in [0.3, 0.4) is 0 Å². The van der Waals surface area contributed by atoms with E-state index >= 15 is 0 Å². The third-order valence-corrected chi connectivity index (χ3v) is 15.7. The molecule has 0 saturated carbocycles. The van der Waals surface area contributed by atoms with Crippen molar-refractivity contribution in [1.29, 1.82) is 0 Å². The summed E-state index contributed by atoms with van der Waals surface area (Å²) in [5.74, 6) is -0.374. The van der Waals surface area contributed by atoms with Crippen LogP contribution in [-0.2, 0) is 45.7 Å². The van der Waals surface area contributed by atoms with Crippen LogP contribution in [0.15, 0.2) is 60.0 Å². The molecule has 0 aromatic heterocycles. The monoisotopic (exact) mass is 664 g/mol. The third-order valence-electron chi connectivity index (χ3n) is 8.50. The lowest BCUT2D eigenvalue weighted by atomic mass is 9.76. The maximum atomic E-state index is 13.7. The summed E-state index contributed by atoms with van der Waals surface area (Å²) in [5, 5.41) is 1.14. The Labute approximate surface area is 267 Å². The molecule has 2 rings (SSSR count). The summed E-state index contributed by atoms with van der Waals surface area (Å²) in [5.41, 5.74) is 0.693. The van der Waals surface area contributed by atoms with Crippen molar-refractivity contribution in [2.24, 2.45) is 5.41 Å². The highest BCUT2D eigenvalue weighted by Gasteiger charge is 2.39. The van der Waals surface area contributed by atoms with E-state index < -0.39 is 38.8 Å². The predicted molar refractivity (Wildman–Crippen MR) is 183 cm³/mol. The molecule has 10 heteroatoms. The lowest BCUT2D eigenvalue weighted by molar-refractivity contribution is -0.151. The molecule has 2 aromatic carbocycles. The fourth-order valence-corrected chi connectivity index (χ4v) is 8.15. The number of carbonyl (C=O) groups excluding carboxylic acids is 1. The molecular formula is C34H52O7S2Si. The zero-order valence-electron chi connectivity index (χ0n) is 28.0. The zero-order chi connectivity index (χ0) is 33.5. The molecule has 0 fully saturated rings. The molecule has 2 aromatic rings. The van der Waals surface area contributed by atoms with Gasteiger partial charge in [0, 0.05) is 18.3 Å². The van der Waals surface area contributed by atoms with E-state index in [0.29, 0.717) is 30.4 Å². The normalized spacial score (nSPS) is 14.8. The molecule has 246 valence electrons. The lowest BCUT2D eigenvalue weighted by Gasteiger charge is -2.36. The number of esters is 1. The van der Waals surface area contributed by atoms with Gasteiger partial charge in [-0.15, -0.1) is 0 Å². The third kappa shape index (κ3) is 12.3. The Balaban J connectivity index is 2.19. The number of ether oxygens (including phenoxy) is 1. The SMILES string of the molecule is CC(C)(CCC[C@@](C)(C(=O)OCc1ccccc1)c1cccc(/C=C/S(C)(=O)=O)c1)CS(=O)(=O)CCO[Si](C)(C)C(C)(C)C. The van der Waals surface area contributed by atoms with Crippen molar-refractivity contribution in [1.82, 2.24) is 0 Å². The number of sulfone groups is 2. The van der Waals surface area contributed by atoms with Gasteiger partial charge in [-0.25, -0.2) is 16.8 Å². The van der Waals surface area contributed by atoms with Crippen molar-refractivity contribution in [2.75, 3.05) is 24.4 Å². The van der Waals surface area contributed by atoms with Gasteiger partial charge in [0.1, 0.15) is 6.61 Å². The van der Waals surface area contributed by atoms with Crippen molar-refractivity contribution in [3.63, 3.8) is 0 Å². The van der Waals surface area contributed by atoms with Crippen LogP contribution in [0.2, 0.25) is 18.1 Å². The van der Waals surface area contributed by atoms with Crippen LogP contribution in [0.5, 0.6) is 0 Å². The van der Waals surface area contributed by atoms with Crippen molar-refractivity contribution < 1.29 is 30.8 Å². The maximum absolute atomic E-state index is 13.7. The summed E-state index contributed by atoms with van der Waals surface area (Å²) in [4.78, 5) is 13.7. The number of carbonyl (C=O) groups is 1. The quantitative estimate of drug-likeness (QED) is 0.137. The summed E-state index contributed by atoms with van der Waals surface area (Å²) >= 11 is 0. The fraction of sp³-hybridized carbons (Fsp3) is 0.559. The molecule has 0 spiro atoms. The van der Waals surface area contributed by atoms with E-state index in [4.69, 9.17) is 9.16 Å². The van der Waals surface area contributed by atoms with Crippen LogP contribution in [0.4, 0.5) is 0 Å². The molecule has 7 nitrogen and oxygen atoms in total. The fourth-order valence-electron chi connectivity index (χ4n) is 4.73. The van der Waals surface area contributed by atoms with Gasteiger partial charge in [-0.3, -0.25) is 4.79 Å². The van der Waals surface area contributed by atoms with Gasteiger partial charge in [0.2, 0.25) is 0 Å². The average Bonchev–Trinajstić information content (AvgIpc) is 2.89. The van der Waals surface area contributed by atoms with E-state index in [1.807, 2.05) is 63.2 Å². The minimum absolute atomic E-state index is 0.00837. The molecule has 1 atom stereocenters. The van der Waals surface area contributed by atoms with Crippen molar-refractivity contribution in [3.05, 3.63) is 76.7 Å². The summed E-state index contributed by atoms with van der Waals surface area (Å²) in [6.45, 7) is 16.7. The van der Waals surface area contributed by atoms with Crippen molar-refractivity contribution in [3.8, 4) is 0 Å². The molecule has 0 aliphatic heterocycles. The summed E-state index contributed by atoms with van der Waals surface area (Å²) in [6.07, 6.45) is 4.24. The molecule has 0 saturated heterocycles. The molecule has 0 unspecified atom stereocenters. The molecule has 0 aliphatic rings. The Morgan fingerprint density at radius 1 is 0.886 bits per heavy atom. The second-order valence-corrected chi connectivity index (χ2v) is 23.3. The Kier molecular flexibility index (Phi) is 12.8. The molecule has 0 amide bonds. The Morgan fingerprint density at radius 2 is 1.52 bits per heavy atom. The summed E-state index contributed by atoms with van der Waals surface area (Å²) < 4.78 is 61.4. The number of rotatable bonds is 16. The van der Waals surface area contributed by atoms with Crippen molar-refractivity contribution in [2.45, 2.75) is 91.0 Å². The largest absolute Gasteiger partial charge is 0.460 e. The minimum atomic E-state index is -3.36. The van der Waals surface area contributed by atoms with Gasteiger partial charge in [0.15, 0.2) is 28.0 Å². The maximum Gasteiger partial charge on any atom is 0.316 e. The van der Waals surface area contributed by atoms with Gasteiger partial charge in [0.05, 0.1) is 16.9 Å². The first-order chi connectivity index (χ1) is 20.1. The molecule has 0 aliphatic carbocycles. The summed E-state index contributed by atoms with van der Waals surface area (Å²) in [7, 11) is -8.71. The standard InChI is InChI=1S/C34H52O7S2Si/c1-32(2,3)44(8,9)41-22-24-43(38,39)27-33(4,5)20-14-21-34(6,31(35)40-26-29-15-11-10-12-16-29)30-18-13-17-28(25-30)19-23-42(7,36)37/h10-13,15-19,23,25H,14,20-22,24,26-27H2,1-9H3/b23-19+/t34-/m1/s1. The minimum Gasteiger partial charge on any atom is -0.460 e. The van der Waals surface area contributed by atoms with Gasteiger partial charge in [-0.2, -0.15) is 0 Å². The van der Waals surface area contributed by atoms with E-state index in [2.05, 4.69) is 33.9 Å². The lowest BCUT2D eigenvalue weighted by Crippen LogP contribution is -2.42. The molecular weight excluding hydrogens is 613 g/mol. The van der Waals surface area contributed by atoms with Gasteiger partial charge in [0.25, 0.3) is 0 Å². The Hall–Kier alpha value is -2.27. The van der Waals surface area contributed by atoms with Gasteiger partial charge in [-0.05, 0) is 66.1 Å². The van der Waals surface area contributed by atoms with E-state index in [1.165, 1.54) is 6.08 Å². The predicted octanol–water partition coefficient (Wildman–Crippen LogP) is 7.34. The van der Waals surface area contributed by atoms with E-state index in [9.17, 15) is 21.6 Å². The first kappa shape index (κ1) is 37.9. The van der Waals surface area contributed by atoms with E-state index in [0.717, 1.165) is 17.2 Å². The average molecular weight is 665 g/mol. The van der Waals surface area contributed by atoms with Crippen molar-refractivity contribution >= 4 is 40.0 Å². The van der Waals surface area contributed by atoms with Crippen LogP contribution in [0.1, 0.15) is 77.5 Å². The van der Waals surface area contributed by atoms with Crippen LogP contribution in [0.25, 0.3) is 6.08 Å². The molecule has 0 radical (unpaired) electrons. The second kappa shape index (κ2) is 14.9. The highest BCUT2D eigenvalue weighted by atomic mass is 32.2. The van der Waals surface area contributed by atoms with E-state index in [-0.39, 0.29) is 35.7 Å². The number of hydrogen-bond acceptors (Lipinski definition) is 7. The van der Waals surface area contributed by atoms with Gasteiger partial charge in [-0.1, -0.05) is 95.6 Å². The highest BCUT2D eigenvalue weighted by Crippen LogP contribution is 2.37. The zero-order valence-corrected chi connectivity index (χ0v) is 30.6. The van der Waals surface area contributed by atoms with Crippen LogP contribution < -0.4 is 0 Å². The molecule has 44 heavy (non-hydrogen) atoms. The molecule has 0 N–H and O–H groups in total. The van der Waals surface area contributed by atoms with Crippen LogP contribution in [0, 0.1) is 5.41 Å². The first-order valence-electron chi connectivity index (χ1n) is 15.1. The highest BCUT2D eigenvalue weighted by molar-refractivity contribution is 7.93. The Morgan fingerprint density at radius 3 is 2.11 bits per heavy atom. The first-order valence-corrected chi connectivity index (χ1v) is 21.8. The molecule has 0 heterocycles. The van der Waals surface area contributed by atoms with Gasteiger partial charge < -0.3 is 9.16 Å². The second-order valence-electron chi connectivity index (χ2n) is 14.4. The molecule has 0 bridgehead atoms. The summed E-state index contributed by atoms with van der Waals surface area (Å²) in [6, 6.07) is 16.7. The topological polar surface area (TPSA) is 104 Å².